The molecule has 2 unspecified atom stereocenters. The number of fused-ring (bicyclic) bond motifs is 1. The van der Waals surface area contributed by atoms with Crippen molar-refractivity contribution in [1.82, 2.24) is 9.55 Å². The first-order valence-corrected chi connectivity index (χ1v) is 5.52. The van der Waals surface area contributed by atoms with Gasteiger partial charge in [0.2, 0.25) is 5.95 Å². The Morgan fingerprint density at radius 1 is 1.50 bits per heavy atom. The summed E-state index contributed by atoms with van der Waals surface area (Å²) in [5.41, 5.74) is 7.91. The van der Waals surface area contributed by atoms with E-state index in [2.05, 4.69) is 16.5 Å². The fraction of sp³-hybridized carbons (Fsp3) is 0.417. The van der Waals surface area contributed by atoms with Crippen molar-refractivity contribution in [3.63, 3.8) is 0 Å². The lowest BCUT2D eigenvalue weighted by Crippen LogP contribution is -2.01. The number of hydrogen-bond donors (Lipinski definition) is 1. The molecule has 0 saturated heterocycles. The molecule has 2 aromatic rings. The number of nitrogens with zero attached hydrogens (tertiary/aromatic N) is 2. The summed E-state index contributed by atoms with van der Waals surface area (Å²) in [4.78, 5) is 4.40. The van der Waals surface area contributed by atoms with E-state index in [1.807, 2.05) is 18.2 Å². The van der Waals surface area contributed by atoms with Crippen LogP contribution in [-0.2, 0) is 0 Å². The number of aromatic nitrogens is 2. The second-order valence-electron chi connectivity index (χ2n) is 4.45. The minimum atomic E-state index is 0.511. The van der Waals surface area contributed by atoms with Crippen LogP contribution in [0.2, 0.25) is 0 Å². The molecule has 4 nitrogen and oxygen atoms in total. The van der Waals surface area contributed by atoms with E-state index in [0.717, 1.165) is 16.8 Å². The van der Waals surface area contributed by atoms with E-state index >= 15 is 0 Å². The molecule has 1 fully saturated rings. The number of para-hydroxylation sites is 1. The molecule has 4 heteroatoms. The van der Waals surface area contributed by atoms with Gasteiger partial charge in [0.05, 0.1) is 12.6 Å². The molecule has 0 aliphatic heterocycles. The number of rotatable bonds is 2. The van der Waals surface area contributed by atoms with Gasteiger partial charge in [0, 0.05) is 6.04 Å². The minimum absolute atomic E-state index is 0.511. The number of benzene rings is 1. The number of hydrogen-bond acceptors (Lipinski definition) is 3. The number of nitrogen functional groups attached to an aromatic ring is 1. The predicted molar refractivity (Wildman–Crippen MR) is 63.5 cm³/mol. The van der Waals surface area contributed by atoms with E-state index in [4.69, 9.17) is 10.5 Å². The summed E-state index contributed by atoms with van der Waals surface area (Å²) in [6.45, 7) is 2.23. The Morgan fingerprint density at radius 3 is 2.88 bits per heavy atom. The third-order valence-corrected chi connectivity index (χ3v) is 3.33. The van der Waals surface area contributed by atoms with Crippen LogP contribution in [0.4, 0.5) is 5.95 Å². The molecule has 0 radical (unpaired) electrons. The number of anilines is 1. The molecular weight excluding hydrogens is 202 g/mol. The lowest BCUT2D eigenvalue weighted by atomic mass is 10.3. The number of ether oxygens (including phenoxy) is 1. The van der Waals surface area contributed by atoms with Gasteiger partial charge in [-0.2, -0.15) is 0 Å². The maximum absolute atomic E-state index is 5.98. The van der Waals surface area contributed by atoms with Crippen molar-refractivity contribution in [2.45, 2.75) is 19.4 Å². The van der Waals surface area contributed by atoms with Crippen molar-refractivity contribution in [2.24, 2.45) is 5.92 Å². The van der Waals surface area contributed by atoms with Gasteiger partial charge in [-0.15, -0.1) is 0 Å². The van der Waals surface area contributed by atoms with E-state index < -0.39 is 0 Å². The highest BCUT2D eigenvalue weighted by Gasteiger charge is 2.36. The molecule has 1 aromatic heterocycles. The first kappa shape index (κ1) is 9.51. The highest BCUT2D eigenvalue weighted by atomic mass is 16.5. The maximum Gasteiger partial charge on any atom is 0.201 e. The summed E-state index contributed by atoms with van der Waals surface area (Å²) in [5, 5.41) is 0. The van der Waals surface area contributed by atoms with Gasteiger partial charge in [0.1, 0.15) is 11.3 Å². The van der Waals surface area contributed by atoms with Crippen LogP contribution in [0.25, 0.3) is 11.0 Å². The Morgan fingerprint density at radius 2 is 2.25 bits per heavy atom. The van der Waals surface area contributed by atoms with E-state index in [0.29, 0.717) is 17.9 Å². The van der Waals surface area contributed by atoms with Crippen LogP contribution in [0.1, 0.15) is 19.4 Å². The topological polar surface area (TPSA) is 53.1 Å². The second-order valence-corrected chi connectivity index (χ2v) is 4.45. The molecule has 1 aromatic carbocycles. The van der Waals surface area contributed by atoms with Crippen LogP contribution in [-0.4, -0.2) is 16.7 Å². The van der Waals surface area contributed by atoms with Gasteiger partial charge in [0.25, 0.3) is 0 Å². The maximum atomic E-state index is 5.98. The molecule has 1 aliphatic rings. The van der Waals surface area contributed by atoms with Crippen molar-refractivity contribution in [3.05, 3.63) is 18.2 Å². The molecule has 0 amide bonds. The van der Waals surface area contributed by atoms with E-state index in [-0.39, 0.29) is 0 Å². The van der Waals surface area contributed by atoms with Crippen LogP contribution in [0.3, 0.4) is 0 Å². The monoisotopic (exact) mass is 217 g/mol. The zero-order valence-corrected chi connectivity index (χ0v) is 9.47. The zero-order chi connectivity index (χ0) is 11.3. The van der Waals surface area contributed by atoms with Crippen LogP contribution in [0, 0.1) is 5.92 Å². The SMILES string of the molecule is COc1cccc2c1nc(N)n2C1CC1C. The number of imidazole rings is 1. The molecule has 84 valence electrons. The Hall–Kier alpha value is -1.71. The van der Waals surface area contributed by atoms with Gasteiger partial charge in [-0.1, -0.05) is 13.0 Å². The zero-order valence-electron chi connectivity index (χ0n) is 9.47. The van der Waals surface area contributed by atoms with Crippen LogP contribution in [0.5, 0.6) is 5.75 Å². The van der Waals surface area contributed by atoms with E-state index in [1.54, 1.807) is 7.11 Å². The summed E-state index contributed by atoms with van der Waals surface area (Å²) >= 11 is 0. The molecule has 0 spiro atoms. The third-order valence-electron chi connectivity index (χ3n) is 3.33. The van der Waals surface area contributed by atoms with Gasteiger partial charge in [-0.3, -0.25) is 0 Å². The molecule has 1 aliphatic carbocycles. The van der Waals surface area contributed by atoms with Crippen molar-refractivity contribution in [3.8, 4) is 5.75 Å². The van der Waals surface area contributed by atoms with Gasteiger partial charge >= 0.3 is 0 Å². The van der Waals surface area contributed by atoms with E-state index in [1.165, 1.54) is 6.42 Å². The summed E-state index contributed by atoms with van der Waals surface area (Å²) < 4.78 is 7.42. The molecular formula is C12H15N3O. The standard InChI is InChI=1S/C12H15N3O/c1-7-6-9(7)15-8-4-3-5-10(16-2)11(8)14-12(15)13/h3-5,7,9H,6H2,1-2H3,(H2,13,14). The molecule has 1 heterocycles. The summed E-state index contributed by atoms with van der Waals surface area (Å²) in [7, 11) is 1.66. The van der Waals surface area contributed by atoms with Crippen molar-refractivity contribution >= 4 is 17.0 Å². The quantitative estimate of drug-likeness (QED) is 0.839. The smallest absolute Gasteiger partial charge is 0.201 e. The Balaban J connectivity index is 2.25. The van der Waals surface area contributed by atoms with Crippen molar-refractivity contribution in [2.75, 3.05) is 12.8 Å². The average Bonchev–Trinajstić information content (AvgIpc) is 2.88. The summed E-state index contributed by atoms with van der Waals surface area (Å²) in [5.74, 6) is 2.08. The van der Waals surface area contributed by atoms with Crippen LogP contribution >= 0.6 is 0 Å². The Bertz CT molecular complexity index is 546. The minimum Gasteiger partial charge on any atom is -0.494 e. The first-order valence-electron chi connectivity index (χ1n) is 5.52. The lowest BCUT2D eigenvalue weighted by molar-refractivity contribution is 0.419. The van der Waals surface area contributed by atoms with Crippen molar-refractivity contribution < 1.29 is 4.74 Å². The highest BCUT2D eigenvalue weighted by molar-refractivity contribution is 5.84. The lowest BCUT2D eigenvalue weighted by Gasteiger charge is -2.05. The fourth-order valence-electron chi connectivity index (χ4n) is 2.28. The Labute approximate surface area is 94.0 Å². The van der Waals surface area contributed by atoms with Gasteiger partial charge in [0.15, 0.2) is 0 Å². The molecule has 16 heavy (non-hydrogen) atoms. The first-order chi connectivity index (χ1) is 7.72. The van der Waals surface area contributed by atoms with Crippen LogP contribution in [0.15, 0.2) is 18.2 Å². The Kier molecular flexibility index (Phi) is 1.87. The number of nitrogens with two attached hydrogens (primary N) is 1. The third kappa shape index (κ3) is 1.19. The summed E-state index contributed by atoms with van der Waals surface area (Å²) in [6, 6.07) is 6.45. The largest absolute Gasteiger partial charge is 0.494 e. The molecule has 3 rings (SSSR count). The van der Waals surface area contributed by atoms with Gasteiger partial charge in [-0.05, 0) is 24.5 Å². The fourth-order valence-corrected chi connectivity index (χ4v) is 2.28. The molecule has 2 atom stereocenters. The van der Waals surface area contributed by atoms with E-state index in [9.17, 15) is 0 Å². The van der Waals surface area contributed by atoms with Gasteiger partial charge < -0.3 is 15.0 Å². The van der Waals surface area contributed by atoms with Gasteiger partial charge in [-0.25, -0.2) is 4.98 Å². The number of methoxy groups -OCH3 is 1. The predicted octanol–water partition coefficient (Wildman–Crippen LogP) is 2.21. The van der Waals surface area contributed by atoms with Crippen molar-refractivity contribution in [1.29, 1.82) is 0 Å². The summed E-state index contributed by atoms with van der Waals surface area (Å²) in [6.07, 6.45) is 1.19. The average molecular weight is 217 g/mol. The highest BCUT2D eigenvalue weighted by Crippen LogP contribution is 2.46. The molecule has 2 N–H and O–H groups in total. The second kappa shape index (κ2) is 3.14. The normalized spacial score (nSPS) is 23.6. The molecule has 0 bridgehead atoms. The van der Waals surface area contributed by atoms with Crippen LogP contribution < -0.4 is 10.5 Å². The molecule has 1 saturated carbocycles.